The van der Waals surface area contributed by atoms with Gasteiger partial charge >= 0.3 is 6.09 Å². The van der Waals surface area contributed by atoms with Gasteiger partial charge in [-0.25, -0.2) is 4.79 Å². The van der Waals surface area contributed by atoms with Gasteiger partial charge in [0.25, 0.3) is 5.69 Å². The predicted octanol–water partition coefficient (Wildman–Crippen LogP) is 4.71. The number of carbonyl (C=O) groups is 1. The minimum Gasteiger partial charge on any atom is -0.491 e. The van der Waals surface area contributed by atoms with Crippen molar-refractivity contribution in [3.8, 4) is 16.9 Å². The molecule has 0 bridgehead atoms. The van der Waals surface area contributed by atoms with Gasteiger partial charge < -0.3 is 71.6 Å². The van der Waals surface area contributed by atoms with E-state index in [1.807, 2.05) is 24.3 Å². The van der Waals surface area contributed by atoms with E-state index in [9.17, 15) is 14.9 Å². The Morgan fingerprint density at radius 3 is 1.11 bits per heavy atom. The second kappa shape index (κ2) is 36.7. The van der Waals surface area contributed by atoms with Crippen LogP contribution in [0.25, 0.3) is 11.1 Å². The van der Waals surface area contributed by atoms with Crippen LogP contribution >= 0.6 is 0 Å². The maximum absolute atomic E-state index is 12.3. The summed E-state index contributed by atoms with van der Waals surface area (Å²) in [4.78, 5) is 22.5. The van der Waals surface area contributed by atoms with Crippen LogP contribution in [-0.2, 0) is 61.6 Å². The molecule has 19 nitrogen and oxygen atoms in total. The highest BCUT2D eigenvalue weighted by Crippen LogP contribution is 2.44. The third-order valence-electron chi connectivity index (χ3n) is 9.50. The first-order valence-corrected chi connectivity index (χ1v) is 22.5. The zero-order valence-electron chi connectivity index (χ0n) is 38.0. The third kappa shape index (κ3) is 24.4. The van der Waals surface area contributed by atoms with Gasteiger partial charge in [-0.2, -0.15) is 0 Å². The van der Waals surface area contributed by atoms with Crippen molar-refractivity contribution in [2.24, 2.45) is 0 Å². The molecule has 0 aliphatic heterocycles. The van der Waals surface area contributed by atoms with Gasteiger partial charge in [-0.3, -0.25) is 10.1 Å². The third-order valence-corrected chi connectivity index (χ3v) is 9.50. The highest BCUT2D eigenvalue weighted by atomic mass is 16.6. The van der Waals surface area contributed by atoms with E-state index in [1.165, 1.54) is 34.4 Å². The molecule has 3 aromatic carbocycles. The fourth-order valence-corrected chi connectivity index (χ4v) is 6.28. The van der Waals surface area contributed by atoms with Gasteiger partial charge in [0, 0.05) is 24.6 Å². The van der Waals surface area contributed by atoms with Crippen LogP contribution in [-0.4, -0.2) is 189 Å². The molecule has 4 rings (SSSR count). The molecule has 1 N–H and O–H groups in total. The SMILES string of the molecule is O=C(NCCOCCOCCOCCOCCOCCOCCOCCOCCOCCOCCOCCOCCOc1ccc([N+](=O)[O-])cc1)OCC1c2ccccc2-c2ccccc21. The molecule has 368 valence electrons. The van der Waals surface area contributed by atoms with Crippen molar-refractivity contribution in [3.05, 3.63) is 94.0 Å². The molecule has 0 aromatic heterocycles. The smallest absolute Gasteiger partial charge is 0.407 e. The maximum atomic E-state index is 12.3. The molecule has 0 atom stereocenters. The first-order valence-electron chi connectivity index (χ1n) is 22.5. The molecule has 0 spiro atoms. The zero-order valence-corrected chi connectivity index (χ0v) is 38.0. The van der Waals surface area contributed by atoms with Gasteiger partial charge in [0.05, 0.1) is 163 Å². The van der Waals surface area contributed by atoms with Crippen molar-refractivity contribution < 1.29 is 76.0 Å². The highest BCUT2D eigenvalue weighted by molar-refractivity contribution is 5.79. The topological polar surface area (TPSA) is 201 Å². The van der Waals surface area contributed by atoms with Crippen LogP contribution in [0.15, 0.2) is 72.8 Å². The molecular weight excluding hydrogens is 865 g/mol. The molecule has 0 radical (unpaired) electrons. The fraction of sp³-hybridized carbons (Fsp3) is 0.596. The zero-order chi connectivity index (χ0) is 46.4. The Labute approximate surface area is 387 Å². The van der Waals surface area contributed by atoms with Crippen molar-refractivity contribution in [2.75, 3.05) is 178 Å². The Morgan fingerprint density at radius 1 is 0.439 bits per heavy atom. The number of nitro benzene ring substituents is 1. The summed E-state index contributed by atoms with van der Waals surface area (Å²) in [6.45, 7) is 11.8. The van der Waals surface area contributed by atoms with E-state index in [1.54, 1.807) is 12.1 Å². The second-order valence-electron chi connectivity index (χ2n) is 14.2. The summed E-state index contributed by atoms with van der Waals surface area (Å²) in [5.74, 6) is 0.579. The standard InChI is InChI=1S/C47H68N2O17/c50-47(66-39-46-44-7-3-1-5-42(44)43-6-2-4-8-45(43)46)48-13-14-53-15-16-54-17-18-55-19-20-56-21-22-57-23-24-58-25-26-59-27-28-60-29-30-61-31-32-62-33-34-63-35-36-64-37-38-65-41-11-9-40(10-12-41)49(51)52/h1-12,46H,13-39H2,(H,48,50). The molecule has 1 amide bonds. The molecule has 19 heteroatoms. The van der Waals surface area contributed by atoms with E-state index >= 15 is 0 Å². The maximum Gasteiger partial charge on any atom is 0.407 e. The number of ether oxygens (including phenoxy) is 14. The van der Waals surface area contributed by atoms with Crippen molar-refractivity contribution in [2.45, 2.75) is 5.92 Å². The number of non-ortho nitro benzene ring substituents is 1. The molecule has 66 heavy (non-hydrogen) atoms. The van der Waals surface area contributed by atoms with Crippen molar-refractivity contribution in [1.29, 1.82) is 0 Å². The summed E-state index contributed by atoms with van der Waals surface area (Å²) in [6, 6.07) is 22.4. The number of hydrogen-bond donors (Lipinski definition) is 1. The predicted molar refractivity (Wildman–Crippen MR) is 241 cm³/mol. The van der Waals surface area contributed by atoms with Crippen LogP contribution in [0.3, 0.4) is 0 Å². The van der Waals surface area contributed by atoms with Gasteiger partial charge in [-0.05, 0) is 34.4 Å². The Bertz CT molecular complexity index is 1640. The van der Waals surface area contributed by atoms with Crippen LogP contribution in [0.4, 0.5) is 10.5 Å². The molecule has 1 aliphatic rings. The van der Waals surface area contributed by atoms with E-state index in [-0.39, 0.29) is 18.2 Å². The Balaban J connectivity index is 0.753. The molecule has 0 fully saturated rings. The number of nitrogens with one attached hydrogen (secondary N) is 1. The molecular formula is C47H68N2O17. The molecule has 3 aromatic rings. The van der Waals surface area contributed by atoms with E-state index < -0.39 is 11.0 Å². The second-order valence-corrected chi connectivity index (χ2v) is 14.2. The van der Waals surface area contributed by atoms with E-state index in [0.29, 0.717) is 177 Å². The number of fused-ring (bicyclic) bond motifs is 3. The molecule has 0 heterocycles. The van der Waals surface area contributed by atoms with E-state index in [2.05, 4.69) is 29.6 Å². The summed E-state index contributed by atoms with van der Waals surface area (Å²) >= 11 is 0. The lowest BCUT2D eigenvalue weighted by atomic mass is 9.98. The number of rotatable bonds is 43. The minimum absolute atomic E-state index is 0.0207. The number of hydrogen-bond acceptors (Lipinski definition) is 17. The summed E-state index contributed by atoms with van der Waals surface area (Å²) in [5, 5.41) is 13.4. The number of amides is 1. The van der Waals surface area contributed by atoms with Crippen LogP contribution in [0.2, 0.25) is 0 Å². The van der Waals surface area contributed by atoms with Crippen LogP contribution in [0.5, 0.6) is 5.75 Å². The quantitative estimate of drug-likeness (QED) is 0.0464. The number of alkyl carbamates (subject to hydrolysis) is 1. The molecule has 1 aliphatic carbocycles. The van der Waals surface area contributed by atoms with E-state index in [0.717, 1.165) is 0 Å². The molecule has 0 saturated heterocycles. The largest absolute Gasteiger partial charge is 0.491 e. The van der Waals surface area contributed by atoms with Gasteiger partial charge in [0.15, 0.2) is 0 Å². The van der Waals surface area contributed by atoms with Crippen molar-refractivity contribution in [1.82, 2.24) is 5.32 Å². The monoisotopic (exact) mass is 932 g/mol. The Morgan fingerprint density at radius 2 is 0.758 bits per heavy atom. The first kappa shape index (κ1) is 54.3. The number of benzene rings is 3. The molecule has 0 unspecified atom stereocenters. The summed E-state index contributed by atoms with van der Waals surface area (Å²) in [5.41, 5.74) is 4.77. The van der Waals surface area contributed by atoms with Gasteiger partial charge in [0.2, 0.25) is 0 Å². The molecule has 0 saturated carbocycles. The first-order chi connectivity index (χ1) is 32.6. The lowest BCUT2D eigenvalue weighted by Crippen LogP contribution is -2.29. The summed E-state index contributed by atoms with van der Waals surface area (Å²) in [7, 11) is 0. The van der Waals surface area contributed by atoms with Crippen molar-refractivity contribution in [3.63, 3.8) is 0 Å². The number of nitrogens with zero attached hydrogens (tertiary/aromatic N) is 1. The lowest BCUT2D eigenvalue weighted by Gasteiger charge is -2.14. The lowest BCUT2D eigenvalue weighted by molar-refractivity contribution is -0.384. The average molecular weight is 933 g/mol. The minimum atomic E-state index is -0.459. The number of nitro groups is 1. The van der Waals surface area contributed by atoms with Gasteiger partial charge in [-0.1, -0.05) is 48.5 Å². The van der Waals surface area contributed by atoms with Gasteiger partial charge in [-0.15, -0.1) is 0 Å². The average Bonchev–Trinajstić information content (AvgIpc) is 3.66. The van der Waals surface area contributed by atoms with Crippen LogP contribution < -0.4 is 10.1 Å². The van der Waals surface area contributed by atoms with Crippen molar-refractivity contribution >= 4 is 11.8 Å². The number of carbonyl (C=O) groups excluding carboxylic acids is 1. The Kier molecular flexibility index (Phi) is 30.2. The summed E-state index contributed by atoms with van der Waals surface area (Å²) < 4.78 is 77.0. The highest BCUT2D eigenvalue weighted by Gasteiger charge is 2.29. The van der Waals surface area contributed by atoms with Crippen LogP contribution in [0, 0.1) is 10.1 Å². The van der Waals surface area contributed by atoms with E-state index in [4.69, 9.17) is 66.3 Å². The Hall–Kier alpha value is -4.35. The summed E-state index contributed by atoms with van der Waals surface area (Å²) in [6.07, 6.45) is -0.459. The fourth-order valence-electron chi connectivity index (χ4n) is 6.28. The van der Waals surface area contributed by atoms with Crippen LogP contribution in [0.1, 0.15) is 17.0 Å². The normalized spacial score (nSPS) is 12.0. The van der Waals surface area contributed by atoms with Gasteiger partial charge in [0.1, 0.15) is 19.0 Å².